The van der Waals surface area contributed by atoms with Crippen molar-refractivity contribution in [3.63, 3.8) is 0 Å². The van der Waals surface area contributed by atoms with Crippen molar-refractivity contribution in [1.82, 2.24) is 14.8 Å². The van der Waals surface area contributed by atoms with Crippen molar-refractivity contribution in [2.45, 2.75) is 33.4 Å². The van der Waals surface area contributed by atoms with Crippen LogP contribution in [0.5, 0.6) is 0 Å². The van der Waals surface area contributed by atoms with Gasteiger partial charge in [0.2, 0.25) is 0 Å². The first-order chi connectivity index (χ1) is 12.1. The topological polar surface area (TPSA) is 69.5 Å². The molecule has 0 aromatic carbocycles. The summed E-state index contributed by atoms with van der Waals surface area (Å²) in [4.78, 5) is 18.3. The molecule has 0 bridgehead atoms. The van der Waals surface area contributed by atoms with E-state index in [9.17, 15) is 4.79 Å². The fourth-order valence-corrected chi connectivity index (χ4v) is 3.00. The zero-order valence-electron chi connectivity index (χ0n) is 14.9. The minimum absolute atomic E-state index is 0.0540. The Bertz CT molecular complexity index is 726. The van der Waals surface area contributed by atoms with E-state index in [2.05, 4.69) is 28.0 Å². The number of aromatic nitrogens is 3. The van der Waals surface area contributed by atoms with Crippen LogP contribution in [-0.2, 0) is 16.0 Å². The Morgan fingerprint density at radius 3 is 2.88 bits per heavy atom. The number of rotatable bonds is 5. The Morgan fingerprint density at radius 1 is 1.40 bits per heavy atom. The van der Waals surface area contributed by atoms with Gasteiger partial charge in [-0.2, -0.15) is 5.10 Å². The fraction of sp³-hybridized carbons (Fsp3) is 0.500. The second kappa shape index (κ2) is 7.65. The summed E-state index contributed by atoms with van der Waals surface area (Å²) in [6, 6.07) is 5.68. The molecular formula is C18H24N4O3. The summed E-state index contributed by atoms with van der Waals surface area (Å²) in [5.41, 5.74) is 2.62. The molecule has 1 aliphatic rings. The van der Waals surface area contributed by atoms with Crippen LogP contribution in [0, 0.1) is 13.8 Å². The van der Waals surface area contributed by atoms with Gasteiger partial charge in [-0.25, -0.2) is 9.78 Å². The van der Waals surface area contributed by atoms with Gasteiger partial charge in [0.25, 0.3) is 0 Å². The maximum absolute atomic E-state index is 11.7. The SMILES string of the molecule is CCOC(=O)c1ccc(N2CCOC(Cn3nc(C)cc3C)C2)nc1. The number of carbonyl (C=O) groups excluding carboxylic acids is 1. The maximum Gasteiger partial charge on any atom is 0.339 e. The number of esters is 1. The van der Waals surface area contributed by atoms with E-state index in [-0.39, 0.29) is 12.1 Å². The lowest BCUT2D eigenvalue weighted by Crippen LogP contribution is -2.44. The summed E-state index contributed by atoms with van der Waals surface area (Å²) in [5.74, 6) is 0.501. The third-order valence-electron chi connectivity index (χ3n) is 4.20. The number of nitrogens with zero attached hydrogens (tertiary/aromatic N) is 4. The van der Waals surface area contributed by atoms with Crippen molar-refractivity contribution in [3.8, 4) is 0 Å². The van der Waals surface area contributed by atoms with Crippen LogP contribution in [0.2, 0.25) is 0 Å². The van der Waals surface area contributed by atoms with Gasteiger partial charge in [0.1, 0.15) is 5.82 Å². The van der Waals surface area contributed by atoms with E-state index in [0.29, 0.717) is 18.8 Å². The van der Waals surface area contributed by atoms with Crippen LogP contribution in [-0.4, -0.2) is 53.1 Å². The van der Waals surface area contributed by atoms with Crippen LogP contribution < -0.4 is 4.90 Å². The first-order valence-electron chi connectivity index (χ1n) is 8.57. The molecule has 1 aliphatic heterocycles. The zero-order valence-corrected chi connectivity index (χ0v) is 14.9. The number of morpholine rings is 1. The highest BCUT2D eigenvalue weighted by Gasteiger charge is 2.23. The summed E-state index contributed by atoms with van der Waals surface area (Å²) in [6.07, 6.45) is 1.62. The van der Waals surface area contributed by atoms with E-state index in [4.69, 9.17) is 9.47 Å². The molecule has 0 amide bonds. The largest absolute Gasteiger partial charge is 0.462 e. The number of hydrogen-bond donors (Lipinski definition) is 0. The lowest BCUT2D eigenvalue weighted by molar-refractivity contribution is 0.0267. The monoisotopic (exact) mass is 344 g/mol. The number of anilines is 1. The molecule has 134 valence electrons. The van der Waals surface area contributed by atoms with Crippen LogP contribution in [0.1, 0.15) is 28.7 Å². The second-order valence-electron chi connectivity index (χ2n) is 6.17. The van der Waals surface area contributed by atoms with E-state index in [1.54, 1.807) is 19.2 Å². The molecule has 1 saturated heterocycles. The van der Waals surface area contributed by atoms with Gasteiger partial charge in [-0.1, -0.05) is 0 Å². The van der Waals surface area contributed by atoms with Gasteiger partial charge in [-0.15, -0.1) is 0 Å². The lowest BCUT2D eigenvalue weighted by Gasteiger charge is -2.33. The molecule has 1 atom stereocenters. The third-order valence-corrected chi connectivity index (χ3v) is 4.20. The molecule has 0 saturated carbocycles. The minimum atomic E-state index is -0.342. The molecule has 0 radical (unpaired) electrons. The quantitative estimate of drug-likeness (QED) is 0.773. The molecule has 1 unspecified atom stereocenters. The van der Waals surface area contributed by atoms with E-state index >= 15 is 0 Å². The summed E-state index contributed by atoms with van der Waals surface area (Å²) < 4.78 is 12.9. The van der Waals surface area contributed by atoms with E-state index in [1.807, 2.05) is 17.7 Å². The molecule has 7 heteroatoms. The molecule has 2 aromatic rings. The van der Waals surface area contributed by atoms with Gasteiger partial charge in [-0.3, -0.25) is 4.68 Å². The Hall–Kier alpha value is -2.41. The van der Waals surface area contributed by atoms with Crippen molar-refractivity contribution in [3.05, 3.63) is 41.3 Å². The van der Waals surface area contributed by atoms with Crippen LogP contribution in [0.15, 0.2) is 24.4 Å². The van der Waals surface area contributed by atoms with E-state index < -0.39 is 0 Å². The van der Waals surface area contributed by atoms with Crippen LogP contribution in [0.4, 0.5) is 5.82 Å². The van der Waals surface area contributed by atoms with Crippen LogP contribution in [0.25, 0.3) is 0 Å². The van der Waals surface area contributed by atoms with E-state index in [0.717, 1.165) is 36.8 Å². The Kier molecular flexibility index (Phi) is 5.33. The third kappa shape index (κ3) is 4.17. The average Bonchev–Trinajstić information content (AvgIpc) is 2.93. The lowest BCUT2D eigenvalue weighted by atomic mass is 10.2. The second-order valence-corrected chi connectivity index (χ2v) is 6.17. The summed E-state index contributed by atoms with van der Waals surface area (Å²) in [5, 5.41) is 4.50. The highest BCUT2D eigenvalue weighted by Crippen LogP contribution is 2.17. The molecule has 25 heavy (non-hydrogen) atoms. The Balaban J connectivity index is 1.64. The number of ether oxygens (including phenoxy) is 2. The molecular weight excluding hydrogens is 320 g/mol. The summed E-state index contributed by atoms with van der Waals surface area (Å²) >= 11 is 0. The smallest absolute Gasteiger partial charge is 0.339 e. The highest BCUT2D eigenvalue weighted by molar-refractivity contribution is 5.89. The van der Waals surface area contributed by atoms with E-state index in [1.165, 1.54) is 0 Å². The molecule has 3 rings (SSSR count). The normalized spacial score (nSPS) is 17.6. The molecule has 3 heterocycles. The van der Waals surface area contributed by atoms with Crippen molar-refractivity contribution < 1.29 is 14.3 Å². The zero-order chi connectivity index (χ0) is 17.8. The standard InChI is InChI=1S/C18H24N4O3/c1-4-24-18(23)15-5-6-17(19-10-15)21-7-8-25-16(11-21)12-22-14(3)9-13(2)20-22/h5-6,9-10,16H,4,7-8,11-12H2,1-3H3. The van der Waals surface area contributed by atoms with Crippen molar-refractivity contribution in [2.24, 2.45) is 0 Å². The first kappa shape index (κ1) is 17.4. The Labute approximate surface area is 147 Å². The highest BCUT2D eigenvalue weighted by atomic mass is 16.5. The predicted octanol–water partition coefficient (Wildman–Crippen LogP) is 1.98. The molecule has 0 N–H and O–H groups in total. The molecule has 2 aromatic heterocycles. The van der Waals surface area contributed by atoms with Gasteiger partial charge in [0, 0.05) is 25.0 Å². The summed E-state index contributed by atoms with van der Waals surface area (Å²) in [7, 11) is 0. The van der Waals surface area contributed by atoms with Crippen molar-refractivity contribution in [1.29, 1.82) is 0 Å². The van der Waals surface area contributed by atoms with Gasteiger partial charge in [-0.05, 0) is 39.0 Å². The van der Waals surface area contributed by atoms with Gasteiger partial charge in [0.05, 0.1) is 37.1 Å². The van der Waals surface area contributed by atoms with Gasteiger partial charge >= 0.3 is 5.97 Å². The minimum Gasteiger partial charge on any atom is -0.462 e. The van der Waals surface area contributed by atoms with Crippen molar-refractivity contribution in [2.75, 3.05) is 31.2 Å². The van der Waals surface area contributed by atoms with Crippen molar-refractivity contribution >= 4 is 11.8 Å². The van der Waals surface area contributed by atoms with Gasteiger partial charge in [0.15, 0.2) is 0 Å². The predicted molar refractivity (Wildman–Crippen MR) is 93.8 cm³/mol. The molecule has 0 aliphatic carbocycles. The molecule has 7 nitrogen and oxygen atoms in total. The fourth-order valence-electron chi connectivity index (χ4n) is 3.00. The first-order valence-corrected chi connectivity index (χ1v) is 8.57. The average molecular weight is 344 g/mol. The van der Waals surface area contributed by atoms with Gasteiger partial charge < -0.3 is 14.4 Å². The number of aryl methyl sites for hydroxylation is 2. The maximum atomic E-state index is 11.7. The number of carbonyl (C=O) groups is 1. The van der Waals surface area contributed by atoms with Crippen LogP contribution in [0.3, 0.4) is 0 Å². The Morgan fingerprint density at radius 2 is 2.24 bits per heavy atom. The molecule has 1 fully saturated rings. The van der Waals surface area contributed by atoms with Crippen LogP contribution >= 0.6 is 0 Å². The molecule has 0 spiro atoms. The number of pyridine rings is 1. The summed E-state index contributed by atoms with van der Waals surface area (Å²) in [6.45, 7) is 9.07. The number of hydrogen-bond acceptors (Lipinski definition) is 6.